The second kappa shape index (κ2) is 3.82. The molecule has 0 aliphatic rings. The molecule has 0 fully saturated rings. The number of pyridine rings is 1. The number of nitrogens with zero attached hydrogens (tertiary/aromatic N) is 1. The number of para-hydroxylation sites is 1. The molecule has 0 bridgehead atoms. The summed E-state index contributed by atoms with van der Waals surface area (Å²) in [5.74, 6) is 4.86. The standard InChI is InChI=1S/C13H11N3O2/c1-7-6-9(12(17)16-14)11-8-4-2-3-5-10(8)18-13(11)15-7/h2-6H,14H2,1H3,(H,16,17). The van der Waals surface area contributed by atoms with Crippen molar-refractivity contribution in [1.82, 2.24) is 10.4 Å². The van der Waals surface area contributed by atoms with Crippen LogP contribution in [0.5, 0.6) is 0 Å². The summed E-state index contributed by atoms with van der Waals surface area (Å²) in [7, 11) is 0. The number of nitrogen functional groups attached to an aromatic ring is 1. The minimum absolute atomic E-state index is 0.350. The van der Waals surface area contributed by atoms with Gasteiger partial charge in [-0.1, -0.05) is 18.2 Å². The van der Waals surface area contributed by atoms with Crippen LogP contribution < -0.4 is 11.3 Å². The third kappa shape index (κ3) is 1.45. The molecule has 0 saturated heterocycles. The molecule has 1 aromatic carbocycles. The van der Waals surface area contributed by atoms with Crippen LogP contribution in [0.15, 0.2) is 34.7 Å². The molecule has 0 aliphatic carbocycles. The maximum absolute atomic E-state index is 11.8. The van der Waals surface area contributed by atoms with Crippen molar-refractivity contribution in [2.45, 2.75) is 6.92 Å². The Morgan fingerprint density at radius 2 is 2.17 bits per heavy atom. The number of fused-ring (bicyclic) bond motifs is 3. The molecular weight excluding hydrogens is 230 g/mol. The minimum atomic E-state index is -0.350. The molecule has 0 unspecified atom stereocenters. The molecule has 1 amide bonds. The van der Waals surface area contributed by atoms with Crippen LogP contribution in [0.25, 0.3) is 22.1 Å². The van der Waals surface area contributed by atoms with Crippen LogP contribution in [0.3, 0.4) is 0 Å². The fourth-order valence-corrected chi connectivity index (χ4v) is 2.10. The Morgan fingerprint density at radius 1 is 1.39 bits per heavy atom. The largest absolute Gasteiger partial charge is 0.438 e. The zero-order chi connectivity index (χ0) is 12.7. The SMILES string of the molecule is Cc1cc(C(=O)NN)c2c(n1)oc1ccccc12. The molecule has 0 atom stereocenters. The Kier molecular flexibility index (Phi) is 2.28. The van der Waals surface area contributed by atoms with Gasteiger partial charge in [0.05, 0.1) is 10.9 Å². The number of aryl methyl sites for hydroxylation is 1. The Balaban J connectivity index is 2.50. The predicted octanol–water partition coefficient (Wildman–Crippen LogP) is 1.89. The highest BCUT2D eigenvalue weighted by atomic mass is 16.3. The van der Waals surface area contributed by atoms with Crippen molar-refractivity contribution in [2.24, 2.45) is 5.84 Å². The van der Waals surface area contributed by atoms with E-state index in [4.69, 9.17) is 10.3 Å². The molecule has 0 aliphatic heterocycles. The number of hydrazine groups is 1. The Hall–Kier alpha value is -2.40. The van der Waals surface area contributed by atoms with Gasteiger partial charge in [0, 0.05) is 11.1 Å². The van der Waals surface area contributed by atoms with E-state index in [1.165, 1.54) is 0 Å². The number of benzene rings is 1. The van der Waals surface area contributed by atoms with Gasteiger partial charge in [-0.15, -0.1) is 0 Å². The van der Waals surface area contributed by atoms with Gasteiger partial charge in [0.25, 0.3) is 5.91 Å². The van der Waals surface area contributed by atoms with Crippen molar-refractivity contribution in [2.75, 3.05) is 0 Å². The average Bonchev–Trinajstić information content (AvgIpc) is 2.74. The number of hydrogen-bond donors (Lipinski definition) is 2. The highest BCUT2D eigenvalue weighted by molar-refractivity contribution is 6.15. The van der Waals surface area contributed by atoms with Gasteiger partial charge in [-0.05, 0) is 19.1 Å². The normalized spacial score (nSPS) is 11.0. The maximum Gasteiger partial charge on any atom is 0.266 e. The number of rotatable bonds is 1. The smallest absolute Gasteiger partial charge is 0.266 e. The molecule has 2 aromatic heterocycles. The third-order valence-corrected chi connectivity index (χ3v) is 2.85. The summed E-state index contributed by atoms with van der Waals surface area (Å²) < 4.78 is 5.64. The quantitative estimate of drug-likeness (QED) is 0.387. The predicted molar refractivity (Wildman–Crippen MR) is 67.9 cm³/mol. The van der Waals surface area contributed by atoms with E-state index in [1.54, 1.807) is 13.0 Å². The molecule has 0 spiro atoms. The number of aromatic nitrogens is 1. The summed E-state index contributed by atoms with van der Waals surface area (Å²) in [5, 5.41) is 1.55. The van der Waals surface area contributed by atoms with Crippen molar-refractivity contribution < 1.29 is 9.21 Å². The van der Waals surface area contributed by atoms with E-state index in [0.717, 1.165) is 5.39 Å². The monoisotopic (exact) mass is 241 g/mol. The first-order chi connectivity index (χ1) is 8.70. The highest BCUT2D eigenvalue weighted by Gasteiger charge is 2.17. The van der Waals surface area contributed by atoms with Crippen LogP contribution in [-0.2, 0) is 0 Å². The first-order valence-electron chi connectivity index (χ1n) is 5.50. The second-order valence-corrected chi connectivity index (χ2v) is 4.06. The molecule has 90 valence electrons. The lowest BCUT2D eigenvalue weighted by molar-refractivity contribution is 0.0955. The molecular formula is C13H11N3O2. The van der Waals surface area contributed by atoms with E-state index < -0.39 is 0 Å². The zero-order valence-electron chi connectivity index (χ0n) is 9.73. The molecule has 5 nitrogen and oxygen atoms in total. The average molecular weight is 241 g/mol. The Bertz CT molecular complexity index is 761. The topological polar surface area (TPSA) is 81.2 Å². The number of nitrogens with two attached hydrogens (primary N) is 1. The maximum atomic E-state index is 11.8. The third-order valence-electron chi connectivity index (χ3n) is 2.85. The number of carbonyl (C=O) groups excluding carboxylic acids is 1. The van der Waals surface area contributed by atoms with Gasteiger partial charge < -0.3 is 4.42 Å². The van der Waals surface area contributed by atoms with Crippen LogP contribution in [0.2, 0.25) is 0 Å². The number of amides is 1. The van der Waals surface area contributed by atoms with E-state index >= 15 is 0 Å². The molecule has 18 heavy (non-hydrogen) atoms. The van der Waals surface area contributed by atoms with E-state index in [2.05, 4.69) is 10.4 Å². The van der Waals surface area contributed by atoms with Crippen molar-refractivity contribution in [3.05, 3.63) is 41.6 Å². The lowest BCUT2D eigenvalue weighted by Gasteiger charge is -2.02. The van der Waals surface area contributed by atoms with Crippen LogP contribution in [-0.4, -0.2) is 10.9 Å². The van der Waals surface area contributed by atoms with Crippen molar-refractivity contribution in [3.63, 3.8) is 0 Å². The molecule has 5 heteroatoms. The van der Waals surface area contributed by atoms with Crippen LogP contribution in [0, 0.1) is 6.92 Å². The number of furan rings is 1. The van der Waals surface area contributed by atoms with Crippen molar-refractivity contribution in [1.29, 1.82) is 0 Å². The van der Waals surface area contributed by atoms with Gasteiger partial charge in [0.15, 0.2) is 0 Å². The van der Waals surface area contributed by atoms with Crippen LogP contribution in [0.4, 0.5) is 0 Å². The summed E-state index contributed by atoms with van der Waals surface area (Å²) in [4.78, 5) is 16.1. The first kappa shape index (κ1) is 10.7. The van der Waals surface area contributed by atoms with Gasteiger partial charge in [-0.2, -0.15) is 0 Å². The number of carbonyl (C=O) groups is 1. The lowest BCUT2D eigenvalue weighted by Crippen LogP contribution is -2.30. The number of hydrogen-bond acceptors (Lipinski definition) is 4. The molecule has 3 aromatic rings. The second-order valence-electron chi connectivity index (χ2n) is 4.06. The Morgan fingerprint density at radius 3 is 2.94 bits per heavy atom. The van der Waals surface area contributed by atoms with Crippen molar-refractivity contribution >= 4 is 28.0 Å². The molecule has 0 radical (unpaired) electrons. The fourth-order valence-electron chi connectivity index (χ4n) is 2.10. The van der Waals surface area contributed by atoms with E-state index in [0.29, 0.717) is 27.9 Å². The van der Waals surface area contributed by atoms with Crippen LogP contribution >= 0.6 is 0 Å². The zero-order valence-corrected chi connectivity index (χ0v) is 9.73. The summed E-state index contributed by atoms with van der Waals surface area (Å²) in [6, 6.07) is 9.20. The minimum Gasteiger partial charge on any atom is -0.438 e. The van der Waals surface area contributed by atoms with E-state index in [1.807, 2.05) is 24.3 Å². The molecule has 2 heterocycles. The molecule has 3 rings (SSSR count). The summed E-state index contributed by atoms with van der Waals surface area (Å²) in [6.07, 6.45) is 0. The first-order valence-corrected chi connectivity index (χ1v) is 5.50. The fraction of sp³-hybridized carbons (Fsp3) is 0.0769. The van der Waals surface area contributed by atoms with Gasteiger partial charge in [-0.25, -0.2) is 10.8 Å². The molecule has 3 N–H and O–H groups in total. The summed E-state index contributed by atoms with van der Waals surface area (Å²) >= 11 is 0. The number of nitrogens with one attached hydrogen (secondary N) is 1. The van der Waals surface area contributed by atoms with Gasteiger partial charge in [0.1, 0.15) is 5.58 Å². The summed E-state index contributed by atoms with van der Waals surface area (Å²) in [5.41, 5.74) is 4.49. The van der Waals surface area contributed by atoms with Gasteiger partial charge >= 0.3 is 0 Å². The van der Waals surface area contributed by atoms with Gasteiger partial charge in [-0.3, -0.25) is 10.2 Å². The van der Waals surface area contributed by atoms with Crippen molar-refractivity contribution in [3.8, 4) is 0 Å². The Labute approximate surface area is 103 Å². The van der Waals surface area contributed by atoms with E-state index in [-0.39, 0.29) is 5.91 Å². The van der Waals surface area contributed by atoms with E-state index in [9.17, 15) is 4.79 Å². The van der Waals surface area contributed by atoms with Gasteiger partial charge in [0.2, 0.25) is 5.71 Å². The van der Waals surface area contributed by atoms with Crippen LogP contribution in [0.1, 0.15) is 16.1 Å². The lowest BCUT2D eigenvalue weighted by atomic mass is 10.1. The molecule has 0 saturated carbocycles. The highest BCUT2D eigenvalue weighted by Crippen LogP contribution is 2.30. The summed E-state index contributed by atoms with van der Waals surface area (Å²) in [6.45, 7) is 1.81.